The highest BCUT2D eigenvalue weighted by Gasteiger charge is 2.41. The molecule has 0 radical (unpaired) electrons. The molecule has 96 valence electrons. The van der Waals surface area contributed by atoms with E-state index in [0.29, 0.717) is 11.7 Å². The molecular weight excluding hydrogens is 228 g/mol. The summed E-state index contributed by atoms with van der Waals surface area (Å²) in [4.78, 5) is 11.3. The van der Waals surface area contributed by atoms with Gasteiger partial charge in [-0.05, 0) is 49.7 Å². The molecule has 3 rings (SSSR count). The summed E-state index contributed by atoms with van der Waals surface area (Å²) in [5, 5.41) is 14.0. The Balaban J connectivity index is 1.66. The second-order valence-electron chi connectivity index (χ2n) is 5.23. The lowest BCUT2D eigenvalue weighted by Gasteiger charge is -2.17. The van der Waals surface area contributed by atoms with E-state index in [4.69, 9.17) is 0 Å². The van der Waals surface area contributed by atoms with E-state index in [-0.39, 0.29) is 5.91 Å². The molecule has 2 saturated carbocycles. The third kappa shape index (κ3) is 2.44. The highest BCUT2D eigenvalue weighted by atomic mass is 16.1. The highest BCUT2D eigenvalue weighted by Crippen LogP contribution is 2.45. The summed E-state index contributed by atoms with van der Waals surface area (Å²) in [6, 6.07) is 4.12. The fraction of sp³-hybridized carbons (Fsp3) is 0.615. The Hall–Kier alpha value is -1.65. The Morgan fingerprint density at radius 3 is 2.33 bits per heavy atom. The number of carbonyl (C=O) groups excluding carboxylic acids is 1. The van der Waals surface area contributed by atoms with Crippen molar-refractivity contribution >= 4 is 11.7 Å². The zero-order valence-corrected chi connectivity index (χ0v) is 10.5. The minimum atomic E-state index is -0.199. The van der Waals surface area contributed by atoms with Gasteiger partial charge >= 0.3 is 0 Å². The van der Waals surface area contributed by atoms with Gasteiger partial charge in [0.05, 0.1) is 0 Å². The van der Waals surface area contributed by atoms with E-state index in [2.05, 4.69) is 20.8 Å². The van der Waals surface area contributed by atoms with Crippen LogP contribution in [-0.2, 0) is 0 Å². The van der Waals surface area contributed by atoms with E-state index in [1.807, 2.05) is 6.07 Å². The zero-order valence-electron chi connectivity index (χ0n) is 10.5. The normalized spacial score (nSPS) is 18.8. The van der Waals surface area contributed by atoms with E-state index < -0.39 is 0 Å². The highest BCUT2D eigenvalue weighted by molar-refractivity contribution is 5.91. The Labute approximate surface area is 106 Å². The number of carbonyl (C=O) groups is 1. The summed E-state index contributed by atoms with van der Waals surface area (Å²) in [5.41, 5.74) is 0.359. The molecule has 2 fully saturated rings. The second-order valence-corrected chi connectivity index (χ2v) is 5.23. The van der Waals surface area contributed by atoms with Crippen LogP contribution < -0.4 is 10.6 Å². The molecule has 2 N–H and O–H groups in total. The molecule has 0 unspecified atom stereocenters. The maximum absolute atomic E-state index is 11.3. The molecule has 2 aliphatic carbocycles. The van der Waals surface area contributed by atoms with E-state index in [1.54, 1.807) is 13.1 Å². The van der Waals surface area contributed by atoms with E-state index in [1.165, 1.54) is 25.7 Å². The predicted molar refractivity (Wildman–Crippen MR) is 68.3 cm³/mol. The van der Waals surface area contributed by atoms with Gasteiger partial charge in [0.1, 0.15) is 5.82 Å². The first-order valence-corrected chi connectivity index (χ1v) is 6.60. The van der Waals surface area contributed by atoms with Gasteiger partial charge in [-0.25, -0.2) is 0 Å². The number of aromatic nitrogens is 2. The van der Waals surface area contributed by atoms with Crippen LogP contribution in [0.5, 0.6) is 0 Å². The van der Waals surface area contributed by atoms with Crippen molar-refractivity contribution in [3.8, 4) is 0 Å². The van der Waals surface area contributed by atoms with Gasteiger partial charge < -0.3 is 10.6 Å². The van der Waals surface area contributed by atoms with Crippen LogP contribution >= 0.6 is 0 Å². The molecule has 0 bridgehead atoms. The number of hydrogen-bond acceptors (Lipinski definition) is 4. The summed E-state index contributed by atoms with van der Waals surface area (Å²) >= 11 is 0. The lowest BCUT2D eigenvalue weighted by Crippen LogP contribution is -2.25. The minimum Gasteiger partial charge on any atom is -0.365 e. The molecule has 1 aromatic heterocycles. The van der Waals surface area contributed by atoms with Crippen LogP contribution in [0, 0.1) is 11.8 Å². The van der Waals surface area contributed by atoms with Crippen molar-refractivity contribution in [3.05, 3.63) is 17.8 Å². The van der Waals surface area contributed by atoms with Gasteiger partial charge in [-0.1, -0.05) is 0 Å². The van der Waals surface area contributed by atoms with Crippen LogP contribution in [0.3, 0.4) is 0 Å². The van der Waals surface area contributed by atoms with Gasteiger partial charge in [-0.3, -0.25) is 4.79 Å². The molecule has 18 heavy (non-hydrogen) atoms. The summed E-state index contributed by atoms with van der Waals surface area (Å²) in [5.74, 6) is 2.22. The number of anilines is 1. The van der Waals surface area contributed by atoms with Gasteiger partial charge in [-0.2, -0.15) is 0 Å². The molecular formula is C13H18N4O. The number of nitrogens with one attached hydrogen (secondary N) is 2. The number of hydrogen-bond donors (Lipinski definition) is 2. The Kier molecular flexibility index (Phi) is 2.89. The van der Waals surface area contributed by atoms with Gasteiger partial charge in [0.25, 0.3) is 5.91 Å². The maximum atomic E-state index is 11.3. The van der Waals surface area contributed by atoms with Crippen LogP contribution in [0.25, 0.3) is 0 Å². The van der Waals surface area contributed by atoms with Crippen LogP contribution in [-0.4, -0.2) is 29.2 Å². The van der Waals surface area contributed by atoms with Crippen LogP contribution in [0.15, 0.2) is 12.1 Å². The largest absolute Gasteiger partial charge is 0.365 e. The molecule has 0 aliphatic heterocycles. The number of amides is 1. The molecule has 0 atom stereocenters. The Bertz CT molecular complexity index is 425. The fourth-order valence-electron chi connectivity index (χ4n) is 2.36. The van der Waals surface area contributed by atoms with E-state index >= 15 is 0 Å². The van der Waals surface area contributed by atoms with Crippen molar-refractivity contribution in [1.82, 2.24) is 15.5 Å². The SMILES string of the molecule is CNC(=O)c1ccc(NC(C2CC2)C2CC2)nn1. The van der Waals surface area contributed by atoms with Crippen LogP contribution in [0.1, 0.15) is 36.2 Å². The van der Waals surface area contributed by atoms with Gasteiger partial charge in [0.2, 0.25) is 0 Å². The summed E-state index contributed by atoms with van der Waals surface area (Å²) in [6.45, 7) is 0. The monoisotopic (exact) mass is 246 g/mol. The van der Waals surface area contributed by atoms with E-state index in [9.17, 15) is 4.79 Å². The Morgan fingerprint density at radius 1 is 1.22 bits per heavy atom. The van der Waals surface area contributed by atoms with Crippen molar-refractivity contribution < 1.29 is 4.79 Å². The number of rotatable bonds is 5. The standard InChI is InChI=1S/C13H18N4O/c1-14-13(18)10-6-7-11(17-16-10)15-12(8-2-3-8)9-4-5-9/h6-9,12H,2-5H2,1H3,(H,14,18)(H,15,17). The third-order valence-corrected chi connectivity index (χ3v) is 3.70. The topological polar surface area (TPSA) is 66.9 Å². The molecule has 0 spiro atoms. The number of nitrogens with zero attached hydrogens (tertiary/aromatic N) is 2. The van der Waals surface area contributed by atoms with Gasteiger partial charge in [0.15, 0.2) is 5.69 Å². The minimum absolute atomic E-state index is 0.199. The lowest BCUT2D eigenvalue weighted by atomic mass is 10.1. The quantitative estimate of drug-likeness (QED) is 0.825. The average Bonchev–Trinajstić information content (AvgIpc) is 3.29. The Morgan fingerprint density at radius 2 is 1.89 bits per heavy atom. The van der Waals surface area contributed by atoms with Gasteiger partial charge in [-0.15, -0.1) is 10.2 Å². The first kappa shape index (κ1) is 11.4. The molecule has 2 aliphatic rings. The molecule has 1 aromatic rings. The first-order valence-electron chi connectivity index (χ1n) is 6.60. The zero-order chi connectivity index (χ0) is 12.5. The molecule has 0 aromatic carbocycles. The third-order valence-electron chi connectivity index (χ3n) is 3.70. The van der Waals surface area contributed by atoms with Crippen molar-refractivity contribution in [1.29, 1.82) is 0 Å². The molecule has 0 saturated heterocycles. The fourth-order valence-corrected chi connectivity index (χ4v) is 2.36. The van der Waals surface area contributed by atoms with Crippen molar-refractivity contribution in [2.24, 2.45) is 11.8 Å². The smallest absolute Gasteiger partial charge is 0.271 e. The van der Waals surface area contributed by atoms with Crippen LogP contribution in [0.4, 0.5) is 5.82 Å². The first-order chi connectivity index (χ1) is 8.78. The van der Waals surface area contributed by atoms with Crippen molar-refractivity contribution in [2.45, 2.75) is 31.7 Å². The summed E-state index contributed by atoms with van der Waals surface area (Å²) in [7, 11) is 1.59. The molecule has 5 heteroatoms. The summed E-state index contributed by atoms with van der Waals surface area (Å²) < 4.78 is 0. The van der Waals surface area contributed by atoms with Gasteiger partial charge in [0, 0.05) is 13.1 Å². The predicted octanol–water partition coefficient (Wildman–Crippen LogP) is 1.44. The van der Waals surface area contributed by atoms with Crippen molar-refractivity contribution in [3.63, 3.8) is 0 Å². The van der Waals surface area contributed by atoms with Crippen molar-refractivity contribution in [2.75, 3.05) is 12.4 Å². The second kappa shape index (κ2) is 4.55. The van der Waals surface area contributed by atoms with E-state index in [0.717, 1.165) is 17.7 Å². The molecule has 5 nitrogen and oxygen atoms in total. The molecule has 1 amide bonds. The maximum Gasteiger partial charge on any atom is 0.271 e. The van der Waals surface area contributed by atoms with Crippen LogP contribution in [0.2, 0.25) is 0 Å². The molecule has 1 heterocycles. The summed E-state index contributed by atoms with van der Waals surface area (Å²) in [6.07, 6.45) is 5.33. The average molecular weight is 246 g/mol. The lowest BCUT2D eigenvalue weighted by molar-refractivity contribution is 0.0957.